The van der Waals surface area contributed by atoms with Gasteiger partial charge < -0.3 is 10.2 Å². The smallest absolute Gasteiger partial charge is 0.325 e. The third-order valence-electron chi connectivity index (χ3n) is 4.10. The number of benzene rings is 1. The Balaban J connectivity index is 1.61. The number of aromatic nitrogens is 2. The molecule has 2 N–H and O–H groups in total. The van der Waals surface area contributed by atoms with Gasteiger partial charge in [0.1, 0.15) is 0 Å². The molecular weight excluding hydrogens is 390 g/mol. The summed E-state index contributed by atoms with van der Waals surface area (Å²) >= 11 is 4.86. The van der Waals surface area contributed by atoms with Crippen molar-refractivity contribution in [1.82, 2.24) is 10.2 Å². The van der Waals surface area contributed by atoms with Crippen LogP contribution in [0.15, 0.2) is 22.7 Å². The Morgan fingerprint density at radius 3 is 2.92 bits per heavy atom. The lowest BCUT2D eigenvalue weighted by Crippen LogP contribution is -2.37. The van der Waals surface area contributed by atoms with E-state index in [9.17, 15) is 4.79 Å². The Labute approximate surface area is 153 Å². The van der Waals surface area contributed by atoms with E-state index in [1.165, 1.54) is 30.6 Å². The van der Waals surface area contributed by atoms with Crippen LogP contribution in [0, 0.1) is 6.92 Å². The van der Waals surface area contributed by atoms with Crippen LogP contribution in [0.5, 0.6) is 0 Å². The van der Waals surface area contributed by atoms with Crippen LogP contribution in [-0.2, 0) is 0 Å². The van der Waals surface area contributed by atoms with Crippen molar-refractivity contribution in [2.45, 2.75) is 39.2 Å². The van der Waals surface area contributed by atoms with Gasteiger partial charge in [-0.2, -0.15) is 0 Å². The predicted molar refractivity (Wildman–Crippen MR) is 102 cm³/mol. The number of urea groups is 1. The first kappa shape index (κ1) is 17.2. The molecule has 2 heterocycles. The second kappa shape index (κ2) is 7.48. The average Bonchev–Trinajstić information content (AvgIpc) is 2.99. The zero-order valence-corrected chi connectivity index (χ0v) is 16.1. The summed E-state index contributed by atoms with van der Waals surface area (Å²) in [6.45, 7) is 5.18. The lowest BCUT2D eigenvalue weighted by Gasteiger charge is -2.32. The van der Waals surface area contributed by atoms with Crippen molar-refractivity contribution < 1.29 is 4.79 Å². The van der Waals surface area contributed by atoms with Crippen LogP contribution in [0.1, 0.15) is 31.7 Å². The summed E-state index contributed by atoms with van der Waals surface area (Å²) in [6, 6.07) is 5.82. The monoisotopic (exact) mass is 409 g/mol. The minimum Gasteiger partial charge on any atom is -0.344 e. The van der Waals surface area contributed by atoms with Crippen molar-refractivity contribution in [2.24, 2.45) is 0 Å². The number of piperidine rings is 1. The van der Waals surface area contributed by atoms with Crippen molar-refractivity contribution in [3.05, 3.63) is 28.2 Å². The Kier molecular flexibility index (Phi) is 5.35. The number of hydrogen-bond donors (Lipinski definition) is 2. The van der Waals surface area contributed by atoms with Crippen LogP contribution >= 0.6 is 27.3 Å². The molecule has 128 valence electrons. The Morgan fingerprint density at radius 2 is 2.17 bits per heavy atom. The van der Waals surface area contributed by atoms with E-state index in [0.717, 1.165) is 27.4 Å². The van der Waals surface area contributed by atoms with E-state index in [-0.39, 0.29) is 6.03 Å². The van der Waals surface area contributed by atoms with Crippen LogP contribution < -0.4 is 15.5 Å². The standard InChI is InChI=1S/C16H20BrN5OS/c1-10-9-12(6-7-13(10)17)18-14(23)19-15-20-21-16(24-15)22-8-4-3-5-11(22)2/h6-7,9,11H,3-5,8H2,1-2H3,(H2,18,19,20,23)/t11-/m1/s1. The SMILES string of the molecule is Cc1cc(NC(=O)Nc2nnc(N3CCCC[C@H]3C)s2)ccc1Br. The van der Waals surface area contributed by atoms with Gasteiger partial charge in [0, 0.05) is 22.7 Å². The number of hydrogen-bond acceptors (Lipinski definition) is 5. The molecule has 1 aromatic heterocycles. The highest BCUT2D eigenvalue weighted by atomic mass is 79.9. The third-order valence-corrected chi connectivity index (χ3v) is 5.86. The lowest BCUT2D eigenvalue weighted by molar-refractivity contribution is 0.262. The van der Waals surface area contributed by atoms with Gasteiger partial charge in [0.25, 0.3) is 0 Å². The molecule has 1 saturated heterocycles. The van der Waals surface area contributed by atoms with Crippen molar-refractivity contribution in [1.29, 1.82) is 0 Å². The molecule has 1 aliphatic rings. The van der Waals surface area contributed by atoms with Gasteiger partial charge in [-0.05, 0) is 56.9 Å². The zero-order valence-electron chi connectivity index (χ0n) is 13.7. The van der Waals surface area contributed by atoms with E-state index in [1.807, 2.05) is 25.1 Å². The normalized spacial score (nSPS) is 17.6. The maximum absolute atomic E-state index is 12.1. The summed E-state index contributed by atoms with van der Waals surface area (Å²) in [7, 11) is 0. The summed E-state index contributed by atoms with van der Waals surface area (Å²) < 4.78 is 1.01. The molecule has 1 atom stereocenters. The minimum atomic E-state index is -0.314. The fourth-order valence-electron chi connectivity index (χ4n) is 2.75. The summed E-state index contributed by atoms with van der Waals surface area (Å²) in [6.07, 6.45) is 3.61. The highest BCUT2D eigenvalue weighted by molar-refractivity contribution is 9.10. The van der Waals surface area contributed by atoms with Crippen LogP contribution in [-0.4, -0.2) is 28.8 Å². The number of anilines is 3. The summed E-state index contributed by atoms with van der Waals surface area (Å²) in [4.78, 5) is 14.4. The first-order valence-corrected chi connectivity index (χ1v) is 9.58. The minimum absolute atomic E-state index is 0.314. The first-order valence-electron chi connectivity index (χ1n) is 7.97. The van der Waals surface area contributed by atoms with Crippen molar-refractivity contribution in [3.8, 4) is 0 Å². The van der Waals surface area contributed by atoms with Gasteiger partial charge in [-0.15, -0.1) is 10.2 Å². The summed E-state index contributed by atoms with van der Waals surface area (Å²) in [5.41, 5.74) is 1.80. The maximum atomic E-state index is 12.1. The highest BCUT2D eigenvalue weighted by Crippen LogP contribution is 2.29. The van der Waals surface area contributed by atoms with Crippen LogP contribution in [0.2, 0.25) is 0 Å². The quantitative estimate of drug-likeness (QED) is 0.774. The fraction of sp³-hybridized carbons (Fsp3) is 0.438. The van der Waals surface area contributed by atoms with Gasteiger partial charge in [-0.25, -0.2) is 4.79 Å². The van der Waals surface area contributed by atoms with Gasteiger partial charge in [-0.1, -0.05) is 27.3 Å². The highest BCUT2D eigenvalue weighted by Gasteiger charge is 2.22. The van der Waals surface area contributed by atoms with E-state index in [1.54, 1.807) is 0 Å². The zero-order chi connectivity index (χ0) is 17.1. The third kappa shape index (κ3) is 4.05. The van der Waals surface area contributed by atoms with Crippen molar-refractivity contribution >= 4 is 49.2 Å². The number of nitrogens with one attached hydrogen (secondary N) is 2. The summed E-state index contributed by atoms with van der Waals surface area (Å²) in [5, 5.41) is 15.3. The van der Waals surface area contributed by atoms with E-state index in [0.29, 0.717) is 11.2 Å². The Hall–Kier alpha value is -1.67. The number of rotatable bonds is 3. The molecule has 3 rings (SSSR count). The molecule has 2 amide bonds. The molecule has 1 aliphatic heterocycles. The molecule has 8 heteroatoms. The van der Waals surface area contributed by atoms with Crippen LogP contribution in [0.25, 0.3) is 0 Å². The van der Waals surface area contributed by atoms with E-state index >= 15 is 0 Å². The number of aryl methyl sites for hydroxylation is 1. The number of halogens is 1. The average molecular weight is 410 g/mol. The molecule has 0 unspecified atom stereocenters. The molecule has 0 saturated carbocycles. The van der Waals surface area contributed by atoms with Gasteiger partial charge in [0.05, 0.1) is 0 Å². The molecule has 0 aliphatic carbocycles. The second-order valence-electron chi connectivity index (χ2n) is 5.97. The number of nitrogens with zero attached hydrogens (tertiary/aromatic N) is 3. The number of carbonyl (C=O) groups excluding carboxylic acids is 1. The topological polar surface area (TPSA) is 70.1 Å². The molecule has 0 bridgehead atoms. The Bertz CT molecular complexity index is 735. The molecule has 0 radical (unpaired) electrons. The Morgan fingerprint density at radius 1 is 1.33 bits per heavy atom. The molecule has 1 aromatic carbocycles. The molecule has 6 nitrogen and oxygen atoms in total. The molecule has 2 aromatic rings. The lowest BCUT2D eigenvalue weighted by atomic mass is 10.1. The van der Waals surface area contributed by atoms with Gasteiger partial charge >= 0.3 is 6.03 Å². The fourth-order valence-corrected chi connectivity index (χ4v) is 3.86. The summed E-state index contributed by atoms with van der Waals surface area (Å²) in [5.74, 6) is 0. The second-order valence-corrected chi connectivity index (χ2v) is 7.78. The van der Waals surface area contributed by atoms with E-state index in [2.05, 4.69) is 48.6 Å². The van der Waals surface area contributed by atoms with Crippen LogP contribution in [0.3, 0.4) is 0 Å². The first-order chi connectivity index (χ1) is 11.5. The number of amides is 2. The predicted octanol–water partition coefficient (Wildman–Crippen LogP) is 4.63. The molecular formula is C16H20BrN5OS. The maximum Gasteiger partial charge on any atom is 0.325 e. The van der Waals surface area contributed by atoms with E-state index < -0.39 is 0 Å². The van der Waals surface area contributed by atoms with Gasteiger partial charge in [0.15, 0.2) is 0 Å². The van der Waals surface area contributed by atoms with Gasteiger partial charge in [0.2, 0.25) is 10.3 Å². The molecule has 1 fully saturated rings. The van der Waals surface area contributed by atoms with Crippen molar-refractivity contribution in [3.63, 3.8) is 0 Å². The molecule has 24 heavy (non-hydrogen) atoms. The number of carbonyl (C=O) groups is 1. The van der Waals surface area contributed by atoms with Crippen LogP contribution in [0.4, 0.5) is 20.7 Å². The van der Waals surface area contributed by atoms with Crippen molar-refractivity contribution in [2.75, 3.05) is 22.1 Å². The van der Waals surface area contributed by atoms with E-state index in [4.69, 9.17) is 0 Å². The largest absolute Gasteiger partial charge is 0.344 e. The van der Waals surface area contributed by atoms with Gasteiger partial charge in [-0.3, -0.25) is 5.32 Å². The molecule has 0 spiro atoms.